The van der Waals surface area contributed by atoms with Crippen LogP contribution in [0.3, 0.4) is 0 Å². The molecule has 0 aromatic carbocycles. The third kappa shape index (κ3) is 2.78. The smallest absolute Gasteiger partial charge is 0.134 e. The van der Waals surface area contributed by atoms with Crippen molar-refractivity contribution >= 4 is 0 Å². The van der Waals surface area contributed by atoms with Crippen LogP contribution >= 0.6 is 0 Å². The van der Waals surface area contributed by atoms with E-state index < -0.39 is 0 Å². The maximum Gasteiger partial charge on any atom is 0.134 e. The average molecular weight is 229 g/mol. The van der Waals surface area contributed by atoms with Crippen molar-refractivity contribution in [1.29, 1.82) is 0 Å². The number of rotatable bonds is 3. The van der Waals surface area contributed by atoms with Crippen LogP contribution in [-0.2, 0) is 6.42 Å². The van der Waals surface area contributed by atoms with Gasteiger partial charge in [0.25, 0.3) is 0 Å². The predicted octanol–water partition coefficient (Wildman–Crippen LogP) is 2.51. The van der Waals surface area contributed by atoms with Crippen LogP contribution in [0.1, 0.15) is 24.9 Å². The van der Waals surface area contributed by atoms with Crippen molar-refractivity contribution < 1.29 is 5.11 Å². The van der Waals surface area contributed by atoms with E-state index in [9.17, 15) is 5.11 Å². The fourth-order valence-electron chi connectivity index (χ4n) is 1.68. The highest BCUT2D eigenvalue weighted by Gasteiger charge is 2.05. The standard InChI is InChI=1S/C13H15N3O/c1-3-4-13-15-9(2)5-12(16-13)10-6-11(17)8-14-7-10/h5-8,17H,3-4H2,1-2H3. The highest BCUT2D eigenvalue weighted by Crippen LogP contribution is 2.20. The van der Waals surface area contributed by atoms with Gasteiger partial charge in [0.2, 0.25) is 0 Å². The molecule has 4 nitrogen and oxygen atoms in total. The molecule has 0 aliphatic rings. The third-order valence-electron chi connectivity index (χ3n) is 2.39. The first-order valence-electron chi connectivity index (χ1n) is 5.68. The topological polar surface area (TPSA) is 58.9 Å². The fraction of sp³-hybridized carbons (Fsp3) is 0.308. The van der Waals surface area contributed by atoms with Gasteiger partial charge in [0.15, 0.2) is 0 Å². The van der Waals surface area contributed by atoms with Gasteiger partial charge in [-0.1, -0.05) is 6.92 Å². The number of hydrogen-bond acceptors (Lipinski definition) is 4. The molecule has 1 N–H and O–H groups in total. The first kappa shape index (κ1) is 11.5. The third-order valence-corrected chi connectivity index (χ3v) is 2.39. The van der Waals surface area contributed by atoms with Gasteiger partial charge in [0.05, 0.1) is 11.9 Å². The zero-order valence-corrected chi connectivity index (χ0v) is 10.0. The molecule has 0 saturated carbocycles. The van der Waals surface area contributed by atoms with E-state index in [0.717, 1.165) is 35.6 Å². The lowest BCUT2D eigenvalue weighted by atomic mass is 10.1. The van der Waals surface area contributed by atoms with E-state index in [4.69, 9.17) is 0 Å². The molecular formula is C13H15N3O. The Morgan fingerprint density at radius 3 is 2.71 bits per heavy atom. The summed E-state index contributed by atoms with van der Waals surface area (Å²) in [5, 5.41) is 9.41. The monoisotopic (exact) mass is 229 g/mol. The molecule has 2 aromatic rings. The van der Waals surface area contributed by atoms with Crippen molar-refractivity contribution in [3.63, 3.8) is 0 Å². The summed E-state index contributed by atoms with van der Waals surface area (Å²) in [7, 11) is 0. The number of hydrogen-bond donors (Lipinski definition) is 1. The van der Waals surface area contributed by atoms with E-state index in [-0.39, 0.29) is 5.75 Å². The van der Waals surface area contributed by atoms with Gasteiger partial charge in [-0.3, -0.25) is 4.98 Å². The lowest BCUT2D eigenvalue weighted by molar-refractivity contribution is 0.473. The molecule has 0 spiro atoms. The minimum Gasteiger partial charge on any atom is -0.506 e. The number of nitrogens with zero attached hydrogens (tertiary/aromatic N) is 3. The molecule has 0 aliphatic carbocycles. The first-order valence-corrected chi connectivity index (χ1v) is 5.68. The van der Waals surface area contributed by atoms with Crippen molar-refractivity contribution in [3.8, 4) is 17.0 Å². The van der Waals surface area contributed by atoms with E-state index in [1.54, 1.807) is 12.3 Å². The van der Waals surface area contributed by atoms with Gasteiger partial charge in [-0.25, -0.2) is 9.97 Å². The molecule has 0 radical (unpaired) electrons. The van der Waals surface area contributed by atoms with Gasteiger partial charge in [0, 0.05) is 23.9 Å². The van der Waals surface area contributed by atoms with E-state index in [1.807, 2.05) is 13.0 Å². The van der Waals surface area contributed by atoms with Crippen molar-refractivity contribution in [2.45, 2.75) is 26.7 Å². The highest BCUT2D eigenvalue weighted by molar-refractivity contribution is 5.59. The first-order chi connectivity index (χ1) is 8.19. The van der Waals surface area contributed by atoms with E-state index >= 15 is 0 Å². The Morgan fingerprint density at radius 2 is 2.00 bits per heavy atom. The van der Waals surface area contributed by atoms with E-state index in [2.05, 4.69) is 21.9 Å². The van der Waals surface area contributed by atoms with Gasteiger partial charge in [0.1, 0.15) is 11.6 Å². The second kappa shape index (κ2) is 4.91. The van der Waals surface area contributed by atoms with Crippen LogP contribution < -0.4 is 0 Å². The van der Waals surface area contributed by atoms with Crippen LogP contribution in [-0.4, -0.2) is 20.1 Å². The minimum atomic E-state index is 0.149. The number of aromatic nitrogens is 3. The Morgan fingerprint density at radius 1 is 1.18 bits per heavy atom. The molecule has 0 saturated heterocycles. The van der Waals surface area contributed by atoms with Crippen molar-refractivity contribution in [1.82, 2.24) is 15.0 Å². The maximum atomic E-state index is 9.41. The predicted molar refractivity (Wildman–Crippen MR) is 65.7 cm³/mol. The number of pyridine rings is 1. The van der Waals surface area contributed by atoms with Crippen molar-refractivity contribution in [2.75, 3.05) is 0 Å². The van der Waals surface area contributed by atoms with Gasteiger partial charge in [-0.2, -0.15) is 0 Å². The van der Waals surface area contributed by atoms with Crippen LogP contribution in [0.5, 0.6) is 5.75 Å². The molecule has 0 aliphatic heterocycles. The molecular weight excluding hydrogens is 214 g/mol. The molecule has 2 rings (SSSR count). The Hall–Kier alpha value is -1.97. The quantitative estimate of drug-likeness (QED) is 0.878. The molecule has 0 amide bonds. The second-order valence-corrected chi connectivity index (χ2v) is 3.99. The molecule has 4 heteroatoms. The van der Waals surface area contributed by atoms with Crippen LogP contribution in [0.15, 0.2) is 24.5 Å². The molecule has 88 valence electrons. The van der Waals surface area contributed by atoms with Crippen LogP contribution in [0, 0.1) is 6.92 Å². The summed E-state index contributed by atoms with van der Waals surface area (Å²) >= 11 is 0. The molecule has 17 heavy (non-hydrogen) atoms. The lowest BCUT2D eigenvalue weighted by Gasteiger charge is -2.05. The minimum absolute atomic E-state index is 0.149. The fourth-order valence-corrected chi connectivity index (χ4v) is 1.68. The summed E-state index contributed by atoms with van der Waals surface area (Å²) < 4.78 is 0. The zero-order chi connectivity index (χ0) is 12.3. The van der Waals surface area contributed by atoms with Gasteiger partial charge >= 0.3 is 0 Å². The van der Waals surface area contributed by atoms with E-state index in [0.29, 0.717) is 0 Å². The van der Waals surface area contributed by atoms with Gasteiger partial charge in [-0.05, 0) is 25.5 Å². The molecule has 0 atom stereocenters. The maximum absolute atomic E-state index is 9.41. The zero-order valence-electron chi connectivity index (χ0n) is 10.0. The summed E-state index contributed by atoms with van der Waals surface area (Å²) in [6, 6.07) is 3.56. The van der Waals surface area contributed by atoms with Crippen LogP contribution in [0.4, 0.5) is 0 Å². The van der Waals surface area contributed by atoms with Crippen LogP contribution in [0.25, 0.3) is 11.3 Å². The second-order valence-electron chi connectivity index (χ2n) is 3.99. The van der Waals surface area contributed by atoms with Gasteiger partial charge < -0.3 is 5.11 Å². The summed E-state index contributed by atoms with van der Waals surface area (Å²) in [6.45, 7) is 4.04. The number of aromatic hydroxyl groups is 1. The summed E-state index contributed by atoms with van der Waals surface area (Å²) in [5.74, 6) is 0.988. The summed E-state index contributed by atoms with van der Waals surface area (Å²) in [6.07, 6.45) is 4.98. The van der Waals surface area contributed by atoms with Gasteiger partial charge in [-0.15, -0.1) is 0 Å². The molecule has 2 aromatic heterocycles. The Balaban J connectivity index is 2.44. The largest absolute Gasteiger partial charge is 0.506 e. The van der Waals surface area contributed by atoms with Crippen LogP contribution in [0.2, 0.25) is 0 Å². The normalized spacial score (nSPS) is 10.5. The Bertz CT molecular complexity index is 526. The summed E-state index contributed by atoms with van der Waals surface area (Å²) in [5.41, 5.74) is 2.55. The van der Waals surface area contributed by atoms with Crippen molar-refractivity contribution in [3.05, 3.63) is 36.0 Å². The number of aryl methyl sites for hydroxylation is 2. The summed E-state index contributed by atoms with van der Waals surface area (Å²) in [4.78, 5) is 12.8. The lowest BCUT2D eigenvalue weighted by Crippen LogP contribution is -1.98. The van der Waals surface area contributed by atoms with Crippen molar-refractivity contribution in [2.24, 2.45) is 0 Å². The molecule has 0 unspecified atom stereocenters. The SMILES string of the molecule is CCCc1nc(C)cc(-c2cncc(O)c2)n1. The Labute approximate surface area is 100 Å². The van der Waals surface area contributed by atoms with E-state index in [1.165, 1.54) is 6.20 Å². The molecule has 2 heterocycles. The average Bonchev–Trinajstić information content (AvgIpc) is 2.28. The highest BCUT2D eigenvalue weighted by atomic mass is 16.3. The Kier molecular flexibility index (Phi) is 3.32. The molecule has 0 bridgehead atoms. The molecule has 0 fully saturated rings.